The van der Waals surface area contributed by atoms with Gasteiger partial charge in [-0.1, -0.05) is 37.3 Å². The van der Waals surface area contributed by atoms with Gasteiger partial charge in [0.15, 0.2) is 11.5 Å². The zero-order valence-electron chi connectivity index (χ0n) is 20.8. The molecule has 0 fully saturated rings. The summed E-state index contributed by atoms with van der Waals surface area (Å²) in [5.74, 6) is 0.930. The van der Waals surface area contributed by atoms with Crippen LogP contribution in [0.25, 0.3) is 0 Å². The lowest BCUT2D eigenvalue weighted by Gasteiger charge is -2.23. The van der Waals surface area contributed by atoms with Crippen LogP contribution in [0.15, 0.2) is 78.9 Å². The average molecular weight is 520 g/mol. The summed E-state index contributed by atoms with van der Waals surface area (Å²) in [6.45, 7) is 2.01. The van der Waals surface area contributed by atoms with Gasteiger partial charge in [0.2, 0.25) is 12.7 Å². The van der Waals surface area contributed by atoms with Crippen LogP contribution in [0, 0.1) is 5.92 Å². The molecule has 38 heavy (non-hydrogen) atoms. The molecule has 0 aliphatic carbocycles. The van der Waals surface area contributed by atoms with E-state index in [9.17, 15) is 9.59 Å². The van der Waals surface area contributed by atoms with Crippen LogP contribution in [0.5, 0.6) is 17.2 Å². The number of benzene rings is 3. The van der Waals surface area contributed by atoms with Gasteiger partial charge in [-0.25, -0.2) is 4.79 Å². The Morgan fingerprint density at radius 2 is 1.82 bits per heavy atom. The lowest BCUT2D eigenvalue weighted by atomic mass is 9.96. The highest BCUT2D eigenvalue weighted by molar-refractivity contribution is 6.01. The predicted molar refractivity (Wildman–Crippen MR) is 142 cm³/mol. The van der Waals surface area contributed by atoms with Crippen LogP contribution in [-0.4, -0.2) is 37.1 Å². The van der Waals surface area contributed by atoms with Crippen molar-refractivity contribution in [1.29, 1.82) is 0 Å². The third kappa shape index (κ3) is 6.95. The van der Waals surface area contributed by atoms with Crippen molar-refractivity contribution < 1.29 is 33.6 Å². The molecule has 4 rings (SSSR count). The number of anilines is 3. The average Bonchev–Trinajstić information content (AvgIpc) is 3.39. The monoisotopic (exact) mass is 519 g/mol. The molecule has 1 aliphatic heterocycles. The Balaban J connectivity index is 1.47. The van der Waals surface area contributed by atoms with Crippen LogP contribution >= 0.6 is 0 Å². The number of nitrogens with two attached hydrogens (primary N) is 1. The molecular weight excluding hydrogens is 490 g/mol. The lowest BCUT2D eigenvalue weighted by Crippen LogP contribution is -2.21. The second-order valence-electron chi connectivity index (χ2n) is 8.45. The standard InChI is InChI=1S/C28H29N3O7/c1-18(6-13-26(33)31-23-5-3-2-4-22(23)29)27(19-7-10-21(11-8-19)35-15-14-32)38-28(34)30-20-9-12-24-25(16-20)37-17-36-24/h2-13,16,18,27,32H,14-15,17,29H2,1H3,(H,30,34)(H,31,33)/b13-6+/t18-,27-/m1/s1. The third-order valence-electron chi connectivity index (χ3n) is 5.67. The molecule has 0 aromatic heterocycles. The lowest BCUT2D eigenvalue weighted by molar-refractivity contribution is -0.111. The Bertz CT molecular complexity index is 1290. The van der Waals surface area contributed by atoms with Crippen LogP contribution in [0.1, 0.15) is 18.6 Å². The van der Waals surface area contributed by atoms with Gasteiger partial charge >= 0.3 is 6.09 Å². The molecule has 0 saturated carbocycles. The fourth-order valence-electron chi connectivity index (χ4n) is 3.76. The zero-order chi connectivity index (χ0) is 26.9. The molecule has 0 unspecified atom stereocenters. The van der Waals surface area contributed by atoms with E-state index >= 15 is 0 Å². The van der Waals surface area contributed by atoms with E-state index in [1.165, 1.54) is 6.08 Å². The highest BCUT2D eigenvalue weighted by Crippen LogP contribution is 2.35. The van der Waals surface area contributed by atoms with Crippen molar-refractivity contribution in [3.05, 3.63) is 84.4 Å². The Labute approximate surface area is 220 Å². The van der Waals surface area contributed by atoms with Crippen molar-refractivity contribution in [2.75, 3.05) is 36.4 Å². The van der Waals surface area contributed by atoms with Crippen molar-refractivity contribution in [3.63, 3.8) is 0 Å². The number of para-hydroxylation sites is 2. The fourth-order valence-corrected chi connectivity index (χ4v) is 3.76. The molecule has 5 N–H and O–H groups in total. The van der Waals surface area contributed by atoms with Gasteiger partial charge in [0.05, 0.1) is 18.0 Å². The zero-order valence-corrected chi connectivity index (χ0v) is 20.8. The molecule has 3 aromatic carbocycles. The Morgan fingerprint density at radius 1 is 1.05 bits per heavy atom. The van der Waals surface area contributed by atoms with Crippen LogP contribution in [-0.2, 0) is 9.53 Å². The summed E-state index contributed by atoms with van der Waals surface area (Å²) in [6.07, 6.45) is 1.61. The van der Waals surface area contributed by atoms with E-state index in [0.717, 1.165) is 0 Å². The molecule has 0 radical (unpaired) electrons. The van der Waals surface area contributed by atoms with Crippen LogP contribution in [0.3, 0.4) is 0 Å². The second-order valence-corrected chi connectivity index (χ2v) is 8.45. The first-order valence-electron chi connectivity index (χ1n) is 12.0. The van der Waals surface area contributed by atoms with E-state index in [1.54, 1.807) is 72.8 Å². The number of ether oxygens (including phenoxy) is 4. The van der Waals surface area contributed by atoms with Gasteiger partial charge in [0.1, 0.15) is 18.5 Å². The maximum Gasteiger partial charge on any atom is 0.412 e. The van der Waals surface area contributed by atoms with Crippen molar-refractivity contribution >= 4 is 29.1 Å². The summed E-state index contributed by atoms with van der Waals surface area (Å²) in [4.78, 5) is 25.3. The SMILES string of the molecule is C[C@H](/C=C/C(=O)Nc1ccccc1N)[C@@H](OC(=O)Nc1ccc2c(c1)OCO2)c1ccc(OCCO)cc1. The minimum Gasteiger partial charge on any atom is -0.491 e. The molecule has 10 heteroatoms. The van der Waals surface area contributed by atoms with Gasteiger partial charge in [-0.15, -0.1) is 0 Å². The van der Waals surface area contributed by atoms with E-state index in [1.807, 2.05) is 6.92 Å². The smallest absolute Gasteiger partial charge is 0.412 e. The summed E-state index contributed by atoms with van der Waals surface area (Å²) in [5.41, 5.74) is 8.02. The summed E-state index contributed by atoms with van der Waals surface area (Å²) >= 11 is 0. The fraction of sp³-hybridized carbons (Fsp3) is 0.214. The van der Waals surface area contributed by atoms with E-state index in [-0.39, 0.29) is 31.8 Å². The van der Waals surface area contributed by atoms with Crippen molar-refractivity contribution in [2.24, 2.45) is 5.92 Å². The molecular formula is C28H29N3O7. The first-order valence-corrected chi connectivity index (χ1v) is 12.0. The summed E-state index contributed by atoms with van der Waals surface area (Å²) in [7, 11) is 0. The van der Waals surface area contributed by atoms with Crippen LogP contribution < -0.4 is 30.6 Å². The first-order chi connectivity index (χ1) is 18.4. The van der Waals surface area contributed by atoms with Crippen LogP contribution in [0.2, 0.25) is 0 Å². The normalized spacial score (nSPS) is 13.5. The van der Waals surface area contributed by atoms with Gasteiger partial charge in [-0.2, -0.15) is 0 Å². The number of carbonyl (C=O) groups is 2. The Morgan fingerprint density at radius 3 is 2.58 bits per heavy atom. The largest absolute Gasteiger partial charge is 0.491 e. The third-order valence-corrected chi connectivity index (χ3v) is 5.67. The number of hydrogen-bond acceptors (Lipinski definition) is 8. The number of carbonyl (C=O) groups excluding carboxylic acids is 2. The van der Waals surface area contributed by atoms with E-state index < -0.39 is 12.2 Å². The number of nitrogens with one attached hydrogen (secondary N) is 2. The molecule has 0 spiro atoms. The molecule has 198 valence electrons. The maximum absolute atomic E-state index is 12.9. The second kappa shape index (κ2) is 12.5. The summed E-state index contributed by atoms with van der Waals surface area (Å²) in [5, 5.41) is 14.4. The van der Waals surface area contributed by atoms with Gasteiger partial charge in [-0.3, -0.25) is 10.1 Å². The number of hydrogen-bond donors (Lipinski definition) is 4. The van der Waals surface area contributed by atoms with E-state index in [4.69, 9.17) is 29.8 Å². The van der Waals surface area contributed by atoms with Crippen molar-refractivity contribution in [2.45, 2.75) is 13.0 Å². The first kappa shape index (κ1) is 26.4. The molecule has 1 heterocycles. The number of fused-ring (bicyclic) bond motifs is 1. The maximum atomic E-state index is 12.9. The van der Waals surface area contributed by atoms with Gasteiger partial charge in [0, 0.05) is 17.7 Å². The van der Waals surface area contributed by atoms with Gasteiger partial charge in [-0.05, 0) is 48.0 Å². The number of nitrogen functional groups attached to an aromatic ring is 1. The number of amides is 2. The number of aliphatic hydroxyl groups is 1. The number of rotatable bonds is 10. The molecule has 0 saturated heterocycles. The Kier molecular flexibility index (Phi) is 8.68. The van der Waals surface area contributed by atoms with Gasteiger partial charge < -0.3 is 35.1 Å². The molecule has 1 aliphatic rings. The van der Waals surface area contributed by atoms with E-state index in [2.05, 4.69) is 10.6 Å². The minimum atomic E-state index is -0.734. The van der Waals surface area contributed by atoms with Crippen LogP contribution in [0.4, 0.5) is 21.9 Å². The van der Waals surface area contributed by atoms with Crippen molar-refractivity contribution in [3.8, 4) is 17.2 Å². The molecule has 2 amide bonds. The highest BCUT2D eigenvalue weighted by atomic mass is 16.7. The molecule has 0 bridgehead atoms. The molecule has 2 atom stereocenters. The highest BCUT2D eigenvalue weighted by Gasteiger charge is 2.23. The topological polar surface area (TPSA) is 141 Å². The Hall–Kier alpha value is -4.70. The van der Waals surface area contributed by atoms with Gasteiger partial charge in [0.25, 0.3) is 0 Å². The minimum absolute atomic E-state index is 0.105. The summed E-state index contributed by atoms with van der Waals surface area (Å²) < 4.78 is 21.9. The van der Waals surface area contributed by atoms with E-state index in [0.29, 0.717) is 39.9 Å². The predicted octanol–water partition coefficient (Wildman–Crippen LogP) is 4.49. The molecule has 3 aromatic rings. The molecule has 10 nitrogen and oxygen atoms in total. The quantitative estimate of drug-likeness (QED) is 0.227. The van der Waals surface area contributed by atoms with Crippen molar-refractivity contribution in [1.82, 2.24) is 0 Å². The number of aliphatic hydroxyl groups excluding tert-OH is 1. The summed E-state index contributed by atoms with van der Waals surface area (Å²) in [6, 6.07) is 18.9.